The fourth-order valence-corrected chi connectivity index (χ4v) is 1.46. The number of hydrogen-bond donors (Lipinski definition) is 2. The lowest BCUT2D eigenvalue weighted by Gasteiger charge is -2.25. The van der Waals surface area contributed by atoms with E-state index in [4.69, 9.17) is 0 Å². The van der Waals surface area contributed by atoms with Gasteiger partial charge in [0.05, 0.1) is 6.54 Å². The summed E-state index contributed by atoms with van der Waals surface area (Å²) in [6, 6.07) is 0.137. The van der Waals surface area contributed by atoms with E-state index in [2.05, 4.69) is 10.6 Å². The van der Waals surface area contributed by atoms with Gasteiger partial charge in [-0.25, -0.2) is 0 Å². The zero-order valence-electron chi connectivity index (χ0n) is 9.82. The van der Waals surface area contributed by atoms with Crippen LogP contribution in [0.3, 0.4) is 0 Å². The molecule has 5 heteroatoms. The molecule has 90 valence electrons. The van der Waals surface area contributed by atoms with E-state index in [1.807, 2.05) is 13.8 Å². The minimum atomic E-state index is -0.113. The first-order valence-corrected chi connectivity index (χ1v) is 5.55. The third-order valence-corrected chi connectivity index (χ3v) is 2.21. The van der Waals surface area contributed by atoms with E-state index in [9.17, 15) is 9.59 Å². The van der Waals surface area contributed by atoms with Crippen molar-refractivity contribution in [2.75, 3.05) is 26.2 Å². The lowest BCUT2D eigenvalue weighted by Crippen LogP contribution is -2.47. The van der Waals surface area contributed by atoms with Gasteiger partial charge in [0.2, 0.25) is 11.8 Å². The molecule has 1 aliphatic rings. The van der Waals surface area contributed by atoms with E-state index in [1.165, 1.54) is 6.08 Å². The number of nitrogens with zero attached hydrogens (tertiary/aromatic N) is 1. The third-order valence-electron chi connectivity index (χ3n) is 2.21. The summed E-state index contributed by atoms with van der Waals surface area (Å²) < 4.78 is 0. The molecule has 1 rings (SSSR count). The fraction of sp³-hybridized carbons (Fsp3) is 0.636. The van der Waals surface area contributed by atoms with E-state index in [0.717, 1.165) is 6.54 Å². The Kier molecular flexibility index (Phi) is 4.98. The SMILES string of the molecule is CC(C)NC(=O)/C=C/CN1CCNCC1=O. The van der Waals surface area contributed by atoms with Gasteiger partial charge >= 0.3 is 0 Å². The number of hydrogen-bond acceptors (Lipinski definition) is 3. The van der Waals surface area contributed by atoms with Crippen molar-refractivity contribution < 1.29 is 9.59 Å². The van der Waals surface area contributed by atoms with E-state index in [-0.39, 0.29) is 17.9 Å². The minimum Gasteiger partial charge on any atom is -0.350 e. The minimum absolute atomic E-state index is 0.0835. The standard InChI is InChI=1S/C11H19N3O2/c1-9(2)13-10(15)4-3-6-14-7-5-12-8-11(14)16/h3-4,9,12H,5-8H2,1-2H3,(H,13,15)/b4-3+. The summed E-state index contributed by atoms with van der Waals surface area (Å²) >= 11 is 0. The summed E-state index contributed by atoms with van der Waals surface area (Å²) in [7, 11) is 0. The first kappa shape index (κ1) is 12.7. The maximum Gasteiger partial charge on any atom is 0.243 e. The van der Waals surface area contributed by atoms with Gasteiger partial charge < -0.3 is 15.5 Å². The molecule has 1 heterocycles. The first-order valence-electron chi connectivity index (χ1n) is 5.55. The molecule has 0 saturated carbocycles. The first-order chi connectivity index (χ1) is 7.59. The van der Waals surface area contributed by atoms with Crippen LogP contribution in [-0.2, 0) is 9.59 Å². The van der Waals surface area contributed by atoms with Gasteiger partial charge in [0.1, 0.15) is 0 Å². The van der Waals surface area contributed by atoms with Gasteiger partial charge in [-0.2, -0.15) is 0 Å². The van der Waals surface area contributed by atoms with Gasteiger partial charge in [0.25, 0.3) is 0 Å². The second-order valence-corrected chi connectivity index (χ2v) is 4.08. The van der Waals surface area contributed by atoms with Crippen LogP contribution in [0.25, 0.3) is 0 Å². The van der Waals surface area contributed by atoms with Crippen LogP contribution in [0.5, 0.6) is 0 Å². The van der Waals surface area contributed by atoms with E-state index in [1.54, 1.807) is 11.0 Å². The maximum atomic E-state index is 11.4. The van der Waals surface area contributed by atoms with Crippen LogP contribution < -0.4 is 10.6 Å². The highest BCUT2D eigenvalue weighted by Gasteiger charge is 2.15. The molecular formula is C11H19N3O2. The summed E-state index contributed by atoms with van der Waals surface area (Å²) in [6.07, 6.45) is 3.20. The van der Waals surface area contributed by atoms with Gasteiger partial charge in [0.15, 0.2) is 0 Å². The number of rotatable bonds is 4. The molecule has 5 nitrogen and oxygen atoms in total. The Balaban J connectivity index is 2.30. The number of nitrogens with one attached hydrogen (secondary N) is 2. The Bertz CT molecular complexity index is 287. The van der Waals surface area contributed by atoms with Crippen molar-refractivity contribution in [1.82, 2.24) is 15.5 Å². The number of amides is 2. The van der Waals surface area contributed by atoms with Crippen molar-refractivity contribution in [2.24, 2.45) is 0 Å². The second kappa shape index (κ2) is 6.27. The van der Waals surface area contributed by atoms with Crippen LogP contribution in [0.15, 0.2) is 12.2 Å². The summed E-state index contributed by atoms with van der Waals surface area (Å²) in [5.74, 6) is -0.0299. The highest BCUT2D eigenvalue weighted by molar-refractivity contribution is 5.87. The predicted octanol–water partition coefficient (Wildman–Crippen LogP) is -0.501. The molecule has 16 heavy (non-hydrogen) atoms. The molecule has 1 saturated heterocycles. The molecule has 0 aromatic carbocycles. The van der Waals surface area contributed by atoms with Crippen molar-refractivity contribution in [2.45, 2.75) is 19.9 Å². The molecule has 0 aromatic heterocycles. The molecule has 0 radical (unpaired) electrons. The molecular weight excluding hydrogens is 206 g/mol. The van der Waals surface area contributed by atoms with Crippen LogP contribution in [0, 0.1) is 0 Å². The van der Waals surface area contributed by atoms with Crippen molar-refractivity contribution >= 4 is 11.8 Å². The average Bonchev–Trinajstić information content (AvgIpc) is 2.19. The van der Waals surface area contributed by atoms with Crippen LogP contribution >= 0.6 is 0 Å². The molecule has 2 N–H and O–H groups in total. The Morgan fingerprint density at radius 3 is 3.00 bits per heavy atom. The monoisotopic (exact) mass is 225 g/mol. The van der Waals surface area contributed by atoms with Crippen LogP contribution in [0.1, 0.15) is 13.8 Å². The normalized spacial score (nSPS) is 17.2. The molecule has 0 spiro atoms. The zero-order chi connectivity index (χ0) is 12.0. The lowest BCUT2D eigenvalue weighted by molar-refractivity contribution is -0.131. The van der Waals surface area contributed by atoms with Gasteiger partial charge in [-0.3, -0.25) is 9.59 Å². The van der Waals surface area contributed by atoms with Crippen molar-refractivity contribution in [3.8, 4) is 0 Å². The van der Waals surface area contributed by atoms with Crippen molar-refractivity contribution in [3.63, 3.8) is 0 Å². The topological polar surface area (TPSA) is 61.4 Å². The van der Waals surface area contributed by atoms with Crippen LogP contribution in [0.4, 0.5) is 0 Å². The molecule has 0 atom stereocenters. The van der Waals surface area contributed by atoms with E-state index >= 15 is 0 Å². The Morgan fingerprint density at radius 2 is 2.38 bits per heavy atom. The Hall–Kier alpha value is -1.36. The van der Waals surface area contributed by atoms with Gasteiger partial charge in [-0.15, -0.1) is 0 Å². The number of carbonyl (C=O) groups excluding carboxylic acids is 2. The summed E-state index contributed by atoms with van der Waals surface area (Å²) in [4.78, 5) is 24.4. The Labute approximate surface area is 95.9 Å². The molecule has 0 aromatic rings. The molecule has 0 aliphatic carbocycles. The third kappa shape index (κ3) is 4.44. The van der Waals surface area contributed by atoms with Crippen molar-refractivity contribution in [3.05, 3.63) is 12.2 Å². The second-order valence-electron chi connectivity index (χ2n) is 4.08. The zero-order valence-corrected chi connectivity index (χ0v) is 9.82. The number of piperazine rings is 1. The molecule has 1 aliphatic heterocycles. The number of carbonyl (C=O) groups is 2. The smallest absolute Gasteiger partial charge is 0.243 e. The van der Waals surface area contributed by atoms with E-state index in [0.29, 0.717) is 19.6 Å². The predicted molar refractivity (Wildman–Crippen MR) is 61.9 cm³/mol. The quantitative estimate of drug-likeness (QED) is 0.634. The molecule has 2 amide bonds. The van der Waals surface area contributed by atoms with Gasteiger partial charge in [-0.05, 0) is 13.8 Å². The highest BCUT2D eigenvalue weighted by atomic mass is 16.2. The Morgan fingerprint density at radius 1 is 1.62 bits per heavy atom. The molecule has 1 fully saturated rings. The highest BCUT2D eigenvalue weighted by Crippen LogP contribution is 1.94. The van der Waals surface area contributed by atoms with Gasteiger partial charge in [-0.1, -0.05) is 6.08 Å². The largest absolute Gasteiger partial charge is 0.350 e. The van der Waals surface area contributed by atoms with Crippen LogP contribution in [0.2, 0.25) is 0 Å². The average molecular weight is 225 g/mol. The van der Waals surface area contributed by atoms with Gasteiger partial charge in [0, 0.05) is 31.8 Å². The van der Waals surface area contributed by atoms with Crippen molar-refractivity contribution in [1.29, 1.82) is 0 Å². The summed E-state index contributed by atoms with van der Waals surface area (Å²) in [6.45, 7) is 6.24. The lowest BCUT2D eigenvalue weighted by atomic mass is 10.3. The van der Waals surface area contributed by atoms with Crippen LogP contribution in [-0.4, -0.2) is 48.9 Å². The summed E-state index contributed by atoms with van der Waals surface area (Å²) in [5.41, 5.74) is 0. The fourth-order valence-electron chi connectivity index (χ4n) is 1.46. The summed E-state index contributed by atoms with van der Waals surface area (Å²) in [5, 5.41) is 5.75. The molecule has 0 unspecified atom stereocenters. The maximum absolute atomic E-state index is 11.4. The van der Waals surface area contributed by atoms with E-state index < -0.39 is 0 Å². The molecule has 0 bridgehead atoms.